The van der Waals surface area contributed by atoms with E-state index in [1.165, 1.54) is 4.31 Å². The lowest BCUT2D eigenvalue weighted by Gasteiger charge is -2.34. The van der Waals surface area contributed by atoms with Crippen LogP contribution in [0.4, 0.5) is 0 Å². The first-order valence-electron chi connectivity index (χ1n) is 7.82. The van der Waals surface area contributed by atoms with Crippen molar-refractivity contribution in [2.24, 2.45) is 0 Å². The molecule has 1 aliphatic rings. The summed E-state index contributed by atoms with van der Waals surface area (Å²) >= 11 is 0. The van der Waals surface area contributed by atoms with Crippen LogP contribution in [-0.4, -0.2) is 56.8 Å². The van der Waals surface area contributed by atoms with Crippen molar-refractivity contribution in [3.63, 3.8) is 0 Å². The molecular formula is C16H24N2O4S. The molecule has 0 aliphatic carbocycles. The van der Waals surface area contributed by atoms with Gasteiger partial charge in [0.25, 0.3) is 0 Å². The van der Waals surface area contributed by atoms with Crippen LogP contribution in [0.2, 0.25) is 0 Å². The largest absolute Gasteiger partial charge is 0.496 e. The van der Waals surface area contributed by atoms with E-state index in [0.29, 0.717) is 38.3 Å². The highest BCUT2D eigenvalue weighted by Crippen LogP contribution is 2.24. The molecule has 0 bridgehead atoms. The number of carbonyl (C=O) groups excluding carboxylic acids is 1. The molecule has 6 nitrogen and oxygen atoms in total. The third-order valence-corrected chi connectivity index (χ3v) is 5.95. The highest BCUT2D eigenvalue weighted by atomic mass is 32.2. The summed E-state index contributed by atoms with van der Waals surface area (Å²) < 4.78 is 32.1. The van der Waals surface area contributed by atoms with Crippen molar-refractivity contribution in [2.45, 2.75) is 31.6 Å². The number of rotatable bonds is 5. The molecule has 0 unspecified atom stereocenters. The monoisotopic (exact) mass is 340 g/mol. The quantitative estimate of drug-likeness (QED) is 0.817. The predicted molar refractivity (Wildman–Crippen MR) is 88.0 cm³/mol. The normalized spacial score (nSPS) is 16.4. The lowest BCUT2D eigenvalue weighted by Crippen LogP contribution is -2.50. The minimum Gasteiger partial charge on any atom is -0.496 e. The zero-order valence-corrected chi connectivity index (χ0v) is 14.7. The van der Waals surface area contributed by atoms with Crippen LogP contribution in [0.3, 0.4) is 0 Å². The summed E-state index contributed by atoms with van der Waals surface area (Å²) in [7, 11) is -1.97. The molecule has 1 aromatic carbocycles. The van der Waals surface area contributed by atoms with E-state index in [1.54, 1.807) is 30.2 Å². The third-order valence-electron chi connectivity index (χ3n) is 4.06. The molecule has 128 valence electrons. The minimum absolute atomic E-state index is 0.102. The average molecular weight is 340 g/mol. The Bertz CT molecular complexity index is 665. The van der Waals surface area contributed by atoms with Crippen molar-refractivity contribution >= 4 is 15.9 Å². The van der Waals surface area contributed by atoms with E-state index in [-0.39, 0.29) is 10.8 Å². The van der Waals surface area contributed by atoms with Gasteiger partial charge >= 0.3 is 0 Å². The molecule has 0 radical (unpaired) electrons. The number of aryl methyl sites for hydroxylation is 1. The Morgan fingerprint density at radius 3 is 2.39 bits per heavy atom. The van der Waals surface area contributed by atoms with Gasteiger partial charge in [-0.2, -0.15) is 4.31 Å². The van der Waals surface area contributed by atoms with E-state index < -0.39 is 10.0 Å². The van der Waals surface area contributed by atoms with Gasteiger partial charge in [-0.05, 0) is 37.1 Å². The molecule has 7 heteroatoms. The maximum Gasteiger partial charge on any atom is 0.243 e. The van der Waals surface area contributed by atoms with Gasteiger partial charge in [-0.15, -0.1) is 0 Å². The number of carbonyl (C=O) groups is 1. The van der Waals surface area contributed by atoms with Crippen LogP contribution < -0.4 is 4.74 Å². The second kappa shape index (κ2) is 7.31. The fourth-order valence-corrected chi connectivity index (χ4v) is 4.22. The van der Waals surface area contributed by atoms with Gasteiger partial charge in [0.1, 0.15) is 5.75 Å². The molecule has 2 rings (SSSR count). The Balaban J connectivity index is 2.10. The maximum atomic E-state index is 12.7. The Morgan fingerprint density at radius 2 is 1.87 bits per heavy atom. The van der Waals surface area contributed by atoms with Crippen LogP contribution in [0.15, 0.2) is 23.1 Å². The Labute approximate surface area is 138 Å². The molecule has 0 saturated carbocycles. The van der Waals surface area contributed by atoms with Crippen molar-refractivity contribution in [3.05, 3.63) is 23.8 Å². The summed E-state index contributed by atoms with van der Waals surface area (Å²) in [5, 5.41) is 0. The topological polar surface area (TPSA) is 66.9 Å². The maximum absolute atomic E-state index is 12.7. The predicted octanol–water partition coefficient (Wildman–Crippen LogP) is 1.64. The van der Waals surface area contributed by atoms with Gasteiger partial charge in [-0.1, -0.05) is 6.92 Å². The van der Waals surface area contributed by atoms with E-state index in [9.17, 15) is 13.2 Å². The Morgan fingerprint density at radius 1 is 1.22 bits per heavy atom. The van der Waals surface area contributed by atoms with Crippen LogP contribution in [0.5, 0.6) is 5.75 Å². The molecule has 23 heavy (non-hydrogen) atoms. The number of amides is 1. The summed E-state index contributed by atoms with van der Waals surface area (Å²) in [5.74, 6) is 0.767. The van der Waals surface area contributed by atoms with E-state index in [1.807, 2.05) is 13.8 Å². The Hall–Kier alpha value is -1.60. The zero-order valence-electron chi connectivity index (χ0n) is 13.9. The summed E-state index contributed by atoms with van der Waals surface area (Å²) in [6.07, 6.45) is 1.33. The van der Waals surface area contributed by atoms with Crippen molar-refractivity contribution in [1.29, 1.82) is 0 Å². The molecule has 1 aliphatic heterocycles. The molecule has 0 atom stereocenters. The number of sulfonamides is 1. The van der Waals surface area contributed by atoms with Crippen molar-refractivity contribution < 1.29 is 17.9 Å². The highest BCUT2D eigenvalue weighted by Gasteiger charge is 2.30. The molecule has 1 saturated heterocycles. The SMILES string of the molecule is CCCC(=O)N1CCN(S(=O)(=O)c2ccc(OC)c(C)c2)CC1. The number of hydrogen-bond acceptors (Lipinski definition) is 4. The number of ether oxygens (including phenoxy) is 1. The second-order valence-electron chi connectivity index (χ2n) is 5.67. The van der Waals surface area contributed by atoms with Crippen LogP contribution in [-0.2, 0) is 14.8 Å². The van der Waals surface area contributed by atoms with E-state index in [4.69, 9.17) is 4.74 Å². The smallest absolute Gasteiger partial charge is 0.243 e. The summed E-state index contributed by atoms with van der Waals surface area (Å²) in [6, 6.07) is 4.86. The number of piperazine rings is 1. The third kappa shape index (κ3) is 3.84. The molecule has 1 heterocycles. The van der Waals surface area contributed by atoms with E-state index >= 15 is 0 Å². The molecule has 0 spiro atoms. The first kappa shape index (κ1) is 17.7. The number of nitrogens with zero attached hydrogens (tertiary/aromatic N) is 2. The van der Waals surface area contributed by atoms with Crippen molar-refractivity contribution in [2.75, 3.05) is 33.3 Å². The molecule has 1 fully saturated rings. The van der Waals surface area contributed by atoms with Gasteiger partial charge in [0, 0.05) is 32.6 Å². The molecule has 0 aromatic heterocycles. The number of methoxy groups -OCH3 is 1. The average Bonchev–Trinajstić information content (AvgIpc) is 2.55. The molecule has 0 N–H and O–H groups in total. The Kier molecular flexibility index (Phi) is 5.64. The van der Waals surface area contributed by atoms with Gasteiger partial charge in [0.15, 0.2) is 0 Å². The summed E-state index contributed by atoms with van der Waals surface area (Å²) in [5.41, 5.74) is 0.783. The molecule has 1 aromatic rings. The van der Waals surface area contributed by atoms with Gasteiger partial charge in [-0.3, -0.25) is 4.79 Å². The van der Waals surface area contributed by atoms with Crippen molar-refractivity contribution in [3.8, 4) is 5.75 Å². The summed E-state index contributed by atoms with van der Waals surface area (Å²) in [6.45, 7) is 5.36. The highest BCUT2D eigenvalue weighted by molar-refractivity contribution is 7.89. The molecular weight excluding hydrogens is 316 g/mol. The van der Waals surface area contributed by atoms with Gasteiger partial charge in [0.05, 0.1) is 12.0 Å². The first-order valence-corrected chi connectivity index (χ1v) is 9.26. The van der Waals surface area contributed by atoms with Gasteiger partial charge < -0.3 is 9.64 Å². The van der Waals surface area contributed by atoms with Crippen LogP contribution in [0, 0.1) is 6.92 Å². The van der Waals surface area contributed by atoms with E-state index in [2.05, 4.69) is 0 Å². The van der Waals surface area contributed by atoms with Gasteiger partial charge in [-0.25, -0.2) is 8.42 Å². The minimum atomic E-state index is -3.53. The zero-order chi connectivity index (χ0) is 17.0. The van der Waals surface area contributed by atoms with E-state index in [0.717, 1.165) is 12.0 Å². The lowest BCUT2D eigenvalue weighted by atomic mass is 10.2. The first-order chi connectivity index (χ1) is 10.9. The van der Waals surface area contributed by atoms with Crippen LogP contribution in [0.25, 0.3) is 0 Å². The number of benzene rings is 1. The molecule has 1 amide bonds. The van der Waals surface area contributed by atoms with Crippen molar-refractivity contribution in [1.82, 2.24) is 9.21 Å². The lowest BCUT2D eigenvalue weighted by molar-refractivity contribution is -0.132. The number of hydrogen-bond donors (Lipinski definition) is 0. The van der Waals surface area contributed by atoms with Crippen LogP contribution >= 0.6 is 0 Å². The summed E-state index contributed by atoms with van der Waals surface area (Å²) in [4.78, 5) is 13.9. The van der Waals surface area contributed by atoms with Gasteiger partial charge in [0.2, 0.25) is 15.9 Å². The second-order valence-corrected chi connectivity index (χ2v) is 7.60. The van der Waals surface area contributed by atoms with Crippen LogP contribution in [0.1, 0.15) is 25.3 Å². The fourth-order valence-electron chi connectivity index (χ4n) is 2.71. The fraction of sp³-hybridized carbons (Fsp3) is 0.562. The standard InChI is InChI=1S/C16H24N2O4S/c1-4-5-16(19)17-8-10-18(11-9-17)23(20,21)14-6-7-15(22-3)13(2)12-14/h6-7,12H,4-5,8-11H2,1-3H3.